The summed E-state index contributed by atoms with van der Waals surface area (Å²) >= 11 is 0. The molecule has 1 heterocycles. The van der Waals surface area contributed by atoms with Crippen molar-refractivity contribution in [1.29, 1.82) is 0 Å². The number of nitrogens with zero attached hydrogens (tertiary/aromatic N) is 1. The van der Waals surface area contributed by atoms with Gasteiger partial charge in [-0.15, -0.1) is 0 Å². The summed E-state index contributed by atoms with van der Waals surface area (Å²) < 4.78 is 0. The van der Waals surface area contributed by atoms with E-state index in [9.17, 15) is 9.59 Å². The number of rotatable bonds is 4. The third kappa shape index (κ3) is 4.21. The van der Waals surface area contributed by atoms with E-state index in [4.69, 9.17) is 5.11 Å². The van der Waals surface area contributed by atoms with E-state index >= 15 is 0 Å². The fourth-order valence-corrected chi connectivity index (χ4v) is 2.94. The van der Waals surface area contributed by atoms with E-state index in [1.165, 1.54) is 0 Å². The maximum Gasteiger partial charge on any atom is 0.321 e. The molecule has 2 N–H and O–H groups in total. The molecule has 5 nitrogen and oxygen atoms in total. The molecular weight excluding hydrogens is 268 g/mol. The molecule has 114 valence electrons. The van der Waals surface area contributed by atoms with Crippen LogP contribution in [0.3, 0.4) is 0 Å². The van der Waals surface area contributed by atoms with E-state index in [1.54, 1.807) is 4.90 Å². The Hall–Kier alpha value is -2.04. The third-order valence-corrected chi connectivity index (χ3v) is 4.16. The van der Waals surface area contributed by atoms with Gasteiger partial charge in [-0.2, -0.15) is 0 Å². The molecule has 1 fully saturated rings. The Balaban J connectivity index is 1.93. The number of hydrogen-bond acceptors (Lipinski definition) is 2. The topological polar surface area (TPSA) is 69.6 Å². The normalized spacial score (nSPS) is 21.9. The molecule has 1 aliphatic heterocycles. The average Bonchev–Trinajstić information content (AvgIpc) is 2.48. The molecule has 2 rings (SSSR count). The number of carboxylic acid groups (broad SMARTS) is 1. The van der Waals surface area contributed by atoms with Gasteiger partial charge in [-0.05, 0) is 30.4 Å². The first kappa shape index (κ1) is 15.4. The highest BCUT2D eigenvalue weighted by atomic mass is 16.4. The monoisotopic (exact) mass is 290 g/mol. The molecule has 0 aromatic heterocycles. The summed E-state index contributed by atoms with van der Waals surface area (Å²) in [5, 5.41) is 11.8. The van der Waals surface area contributed by atoms with Crippen LogP contribution < -0.4 is 5.32 Å². The quantitative estimate of drug-likeness (QED) is 0.895. The lowest BCUT2D eigenvalue weighted by atomic mass is 9.82. The molecule has 1 aliphatic rings. The summed E-state index contributed by atoms with van der Waals surface area (Å²) in [6.45, 7) is 3.30. The molecule has 0 spiro atoms. The summed E-state index contributed by atoms with van der Waals surface area (Å²) in [6, 6.07) is 9.26. The summed E-state index contributed by atoms with van der Waals surface area (Å²) in [4.78, 5) is 24.9. The number of hydrogen-bond donors (Lipinski definition) is 2. The van der Waals surface area contributed by atoms with Crippen molar-refractivity contribution in [3.05, 3.63) is 30.3 Å². The highest BCUT2D eigenvalue weighted by Crippen LogP contribution is 2.29. The van der Waals surface area contributed by atoms with Gasteiger partial charge >= 0.3 is 12.0 Å². The number of carbonyl (C=O) groups is 2. The number of nitrogens with one attached hydrogen (secondary N) is 1. The second-order valence-corrected chi connectivity index (χ2v) is 5.56. The Kier molecular flexibility index (Phi) is 5.20. The molecular formula is C16H22N2O3. The first-order valence-corrected chi connectivity index (χ1v) is 7.43. The number of carboxylic acids is 1. The minimum atomic E-state index is -0.749. The van der Waals surface area contributed by atoms with Crippen LogP contribution in [-0.2, 0) is 4.79 Å². The van der Waals surface area contributed by atoms with Gasteiger partial charge in [0.2, 0.25) is 0 Å². The van der Waals surface area contributed by atoms with Crippen molar-refractivity contribution in [2.45, 2.75) is 26.2 Å². The zero-order chi connectivity index (χ0) is 15.2. The largest absolute Gasteiger partial charge is 0.481 e. The van der Waals surface area contributed by atoms with Gasteiger partial charge in [0.1, 0.15) is 0 Å². The molecule has 2 amide bonds. The minimum absolute atomic E-state index is 0.103. The molecule has 1 saturated heterocycles. The zero-order valence-corrected chi connectivity index (χ0v) is 12.3. The number of carbonyl (C=O) groups excluding carboxylic acids is 1. The number of aliphatic carboxylic acids is 1. The first-order chi connectivity index (χ1) is 10.1. The van der Waals surface area contributed by atoms with Crippen LogP contribution >= 0.6 is 0 Å². The Labute approximate surface area is 125 Å². The molecule has 1 aromatic carbocycles. The number of amides is 2. The fourth-order valence-electron chi connectivity index (χ4n) is 2.94. The van der Waals surface area contributed by atoms with Crippen molar-refractivity contribution in [1.82, 2.24) is 4.90 Å². The second kappa shape index (κ2) is 7.11. The molecule has 1 aromatic rings. The number of anilines is 1. The summed E-state index contributed by atoms with van der Waals surface area (Å²) in [7, 11) is 0. The summed E-state index contributed by atoms with van der Waals surface area (Å²) in [5.74, 6) is -0.315. The van der Waals surface area contributed by atoms with Crippen LogP contribution in [0.15, 0.2) is 30.3 Å². The lowest BCUT2D eigenvalue weighted by Gasteiger charge is -2.37. The highest BCUT2D eigenvalue weighted by Gasteiger charge is 2.31. The van der Waals surface area contributed by atoms with Gasteiger partial charge in [0.15, 0.2) is 0 Å². The molecule has 0 unspecified atom stereocenters. The third-order valence-electron chi connectivity index (χ3n) is 4.16. The van der Waals surface area contributed by atoms with Crippen molar-refractivity contribution in [3.63, 3.8) is 0 Å². The predicted octanol–water partition coefficient (Wildman–Crippen LogP) is 3.04. The second-order valence-electron chi connectivity index (χ2n) is 5.56. The van der Waals surface area contributed by atoms with Crippen LogP contribution in [0, 0.1) is 11.8 Å². The Morgan fingerprint density at radius 3 is 2.62 bits per heavy atom. The van der Waals surface area contributed by atoms with Gasteiger partial charge in [-0.3, -0.25) is 4.79 Å². The van der Waals surface area contributed by atoms with E-state index in [1.807, 2.05) is 30.3 Å². The fraction of sp³-hybridized carbons (Fsp3) is 0.500. The molecule has 0 radical (unpaired) electrons. The van der Waals surface area contributed by atoms with Crippen molar-refractivity contribution < 1.29 is 14.7 Å². The number of urea groups is 1. The molecule has 21 heavy (non-hydrogen) atoms. The zero-order valence-electron chi connectivity index (χ0n) is 12.3. The van der Waals surface area contributed by atoms with Crippen LogP contribution in [-0.4, -0.2) is 35.1 Å². The lowest BCUT2D eigenvalue weighted by Crippen LogP contribution is -2.45. The van der Waals surface area contributed by atoms with E-state index in [0.29, 0.717) is 13.1 Å². The Morgan fingerprint density at radius 1 is 1.29 bits per heavy atom. The van der Waals surface area contributed by atoms with E-state index in [-0.39, 0.29) is 24.3 Å². The van der Waals surface area contributed by atoms with E-state index < -0.39 is 5.97 Å². The Bertz CT molecular complexity index is 490. The van der Waals surface area contributed by atoms with Crippen molar-refractivity contribution in [3.8, 4) is 0 Å². The average molecular weight is 290 g/mol. The number of para-hydroxylation sites is 1. The number of benzene rings is 1. The van der Waals surface area contributed by atoms with Crippen LogP contribution in [0.2, 0.25) is 0 Å². The standard InChI is InChI=1S/C16H22N2O3/c1-2-12-11-18(9-8-13(12)10-15(19)20)16(21)17-14-6-4-3-5-7-14/h3-7,12-13H,2,8-11H2,1H3,(H,17,21)(H,19,20)/t12-,13+/m1/s1. The smallest absolute Gasteiger partial charge is 0.321 e. The van der Waals surface area contributed by atoms with Crippen LogP contribution in [0.5, 0.6) is 0 Å². The Morgan fingerprint density at radius 2 is 2.00 bits per heavy atom. The van der Waals surface area contributed by atoms with Gasteiger partial charge in [0.25, 0.3) is 0 Å². The van der Waals surface area contributed by atoms with Crippen molar-refractivity contribution >= 4 is 17.7 Å². The molecule has 2 atom stereocenters. The van der Waals surface area contributed by atoms with Crippen molar-refractivity contribution in [2.75, 3.05) is 18.4 Å². The molecule has 0 bridgehead atoms. The maximum atomic E-state index is 12.3. The summed E-state index contributed by atoms with van der Waals surface area (Å²) in [6.07, 6.45) is 1.85. The molecule has 0 saturated carbocycles. The van der Waals surface area contributed by atoms with Crippen molar-refractivity contribution in [2.24, 2.45) is 11.8 Å². The van der Waals surface area contributed by atoms with Gasteiger partial charge in [0.05, 0.1) is 0 Å². The van der Waals surface area contributed by atoms with E-state index in [2.05, 4.69) is 12.2 Å². The minimum Gasteiger partial charge on any atom is -0.481 e. The maximum absolute atomic E-state index is 12.3. The first-order valence-electron chi connectivity index (χ1n) is 7.43. The highest BCUT2D eigenvalue weighted by molar-refractivity contribution is 5.89. The van der Waals surface area contributed by atoms with Gasteiger partial charge in [-0.1, -0.05) is 31.5 Å². The van der Waals surface area contributed by atoms with Gasteiger partial charge in [-0.25, -0.2) is 4.79 Å². The van der Waals surface area contributed by atoms with Crippen LogP contribution in [0.4, 0.5) is 10.5 Å². The van der Waals surface area contributed by atoms with Crippen LogP contribution in [0.25, 0.3) is 0 Å². The number of likely N-dealkylation sites (tertiary alicyclic amines) is 1. The van der Waals surface area contributed by atoms with E-state index in [0.717, 1.165) is 18.5 Å². The van der Waals surface area contributed by atoms with Crippen LogP contribution in [0.1, 0.15) is 26.2 Å². The molecule has 0 aliphatic carbocycles. The van der Waals surface area contributed by atoms with Gasteiger partial charge < -0.3 is 15.3 Å². The lowest BCUT2D eigenvalue weighted by molar-refractivity contribution is -0.139. The SMILES string of the molecule is CC[C@@H]1CN(C(=O)Nc2ccccc2)CC[C@H]1CC(=O)O. The summed E-state index contributed by atoms with van der Waals surface area (Å²) in [5.41, 5.74) is 0.781. The number of piperidine rings is 1. The van der Waals surface area contributed by atoms with Gasteiger partial charge in [0, 0.05) is 25.2 Å². The molecule has 5 heteroatoms. The predicted molar refractivity (Wildman–Crippen MR) is 81.2 cm³/mol.